The van der Waals surface area contributed by atoms with Gasteiger partial charge in [0.05, 0.1) is 18.8 Å². The van der Waals surface area contributed by atoms with Crippen LogP contribution in [0.4, 0.5) is 15.9 Å². The number of hydrogen-bond acceptors (Lipinski definition) is 4. The van der Waals surface area contributed by atoms with Crippen molar-refractivity contribution in [1.82, 2.24) is 14.6 Å². The first-order valence-electron chi connectivity index (χ1n) is 9.80. The average Bonchev–Trinajstić information content (AvgIpc) is 3.17. The quantitative estimate of drug-likeness (QED) is 0.696. The Morgan fingerprint density at radius 1 is 1.10 bits per heavy atom. The van der Waals surface area contributed by atoms with Crippen molar-refractivity contribution in [1.29, 1.82) is 0 Å². The molecule has 1 aliphatic heterocycles. The van der Waals surface area contributed by atoms with Crippen LogP contribution in [0.15, 0.2) is 54.7 Å². The number of ether oxygens (including phenoxy) is 1. The number of halogens is 1. The van der Waals surface area contributed by atoms with Gasteiger partial charge in [-0.2, -0.15) is 0 Å². The fourth-order valence-corrected chi connectivity index (χ4v) is 3.55. The smallest absolute Gasteiger partial charge is 0.252 e. The van der Waals surface area contributed by atoms with E-state index in [9.17, 15) is 9.18 Å². The van der Waals surface area contributed by atoms with Crippen LogP contribution in [-0.4, -0.2) is 61.6 Å². The van der Waals surface area contributed by atoms with E-state index >= 15 is 0 Å². The summed E-state index contributed by atoms with van der Waals surface area (Å²) in [5, 5.41) is 3.00. The first kappa shape index (κ1) is 19.4. The molecule has 0 bridgehead atoms. The normalized spacial score (nSPS) is 14.8. The summed E-state index contributed by atoms with van der Waals surface area (Å²) in [7, 11) is 1.92. The van der Waals surface area contributed by atoms with Crippen LogP contribution in [0.25, 0.3) is 5.52 Å². The number of amides is 1. The van der Waals surface area contributed by atoms with Crippen molar-refractivity contribution in [2.24, 2.45) is 0 Å². The highest BCUT2D eigenvalue weighted by molar-refractivity contribution is 5.94. The summed E-state index contributed by atoms with van der Waals surface area (Å²) in [6.45, 7) is 4.74. The van der Waals surface area contributed by atoms with Crippen LogP contribution >= 0.6 is 0 Å². The zero-order chi connectivity index (χ0) is 20.2. The highest BCUT2D eigenvalue weighted by atomic mass is 19.1. The average molecular weight is 396 g/mol. The monoisotopic (exact) mass is 396 g/mol. The van der Waals surface area contributed by atoms with Crippen molar-refractivity contribution in [3.8, 4) is 0 Å². The Morgan fingerprint density at radius 2 is 1.83 bits per heavy atom. The molecule has 1 fully saturated rings. The molecule has 0 aliphatic carbocycles. The van der Waals surface area contributed by atoms with Crippen molar-refractivity contribution >= 4 is 22.9 Å². The molecule has 1 saturated heterocycles. The highest BCUT2D eigenvalue weighted by Crippen LogP contribution is 2.26. The number of rotatable bonds is 6. The largest absolute Gasteiger partial charge is 0.379 e. The SMILES string of the molecule is CN(c1ccc(F)cc1)c1ccc2ccc(C(=O)NCCN3CCOCC3)cn12. The summed E-state index contributed by atoms with van der Waals surface area (Å²) in [4.78, 5) is 16.9. The fraction of sp³-hybridized carbons (Fsp3) is 0.318. The van der Waals surface area contributed by atoms with Gasteiger partial charge in [-0.25, -0.2) is 4.39 Å². The molecule has 152 valence electrons. The van der Waals surface area contributed by atoms with Crippen LogP contribution in [0.3, 0.4) is 0 Å². The summed E-state index contributed by atoms with van der Waals surface area (Å²) >= 11 is 0. The molecule has 0 saturated carbocycles. The van der Waals surface area contributed by atoms with Gasteiger partial charge in [0.15, 0.2) is 0 Å². The topological polar surface area (TPSA) is 49.2 Å². The lowest BCUT2D eigenvalue weighted by Crippen LogP contribution is -2.41. The summed E-state index contributed by atoms with van der Waals surface area (Å²) in [6, 6.07) is 14.1. The first-order chi connectivity index (χ1) is 14.1. The minimum absolute atomic E-state index is 0.0933. The second kappa shape index (κ2) is 8.63. The predicted octanol–water partition coefficient (Wildman–Crippen LogP) is 2.91. The number of benzene rings is 1. The van der Waals surface area contributed by atoms with E-state index in [0.717, 1.165) is 49.9 Å². The highest BCUT2D eigenvalue weighted by Gasteiger charge is 2.13. The summed E-state index contributed by atoms with van der Waals surface area (Å²) in [5.41, 5.74) is 2.45. The number of anilines is 2. The number of carbonyl (C=O) groups excluding carboxylic acids is 1. The number of fused-ring (bicyclic) bond motifs is 1. The van der Waals surface area contributed by atoms with Gasteiger partial charge in [0.2, 0.25) is 0 Å². The molecule has 0 atom stereocenters. The van der Waals surface area contributed by atoms with Gasteiger partial charge in [0.25, 0.3) is 5.91 Å². The van der Waals surface area contributed by atoms with Gasteiger partial charge in [0.1, 0.15) is 11.6 Å². The minimum atomic E-state index is -0.266. The molecular formula is C22H25FN4O2. The third kappa shape index (κ3) is 4.41. The van der Waals surface area contributed by atoms with Crippen molar-refractivity contribution in [3.05, 3.63) is 66.1 Å². The number of carbonyl (C=O) groups is 1. The molecule has 0 unspecified atom stereocenters. The summed E-state index contributed by atoms with van der Waals surface area (Å²) in [5.74, 6) is 0.539. The second-order valence-corrected chi connectivity index (χ2v) is 7.15. The third-order valence-corrected chi connectivity index (χ3v) is 5.27. The fourth-order valence-electron chi connectivity index (χ4n) is 3.55. The van der Waals surface area contributed by atoms with Crippen LogP contribution in [-0.2, 0) is 4.74 Å². The molecule has 6 nitrogen and oxygen atoms in total. The Morgan fingerprint density at radius 3 is 2.59 bits per heavy atom. The maximum atomic E-state index is 13.2. The van der Waals surface area contributed by atoms with Gasteiger partial charge in [0, 0.05) is 50.6 Å². The van der Waals surface area contributed by atoms with E-state index in [2.05, 4.69) is 10.2 Å². The summed E-state index contributed by atoms with van der Waals surface area (Å²) < 4.78 is 20.5. The summed E-state index contributed by atoms with van der Waals surface area (Å²) in [6.07, 6.45) is 1.84. The molecule has 3 heterocycles. The van der Waals surface area contributed by atoms with Crippen LogP contribution in [0, 0.1) is 5.82 Å². The molecule has 3 aromatic rings. The number of morpholine rings is 1. The van der Waals surface area contributed by atoms with Crippen LogP contribution in [0.2, 0.25) is 0 Å². The van der Waals surface area contributed by atoms with E-state index in [1.54, 1.807) is 12.1 Å². The van der Waals surface area contributed by atoms with E-state index in [-0.39, 0.29) is 11.7 Å². The van der Waals surface area contributed by atoms with E-state index in [1.165, 1.54) is 12.1 Å². The standard InChI is InChI=1S/C22H25FN4O2/c1-25(19-6-3-18(23)4-7-19)21-9-8-20-5-2-17(16-27(20)21)22(28)24-10-11-26-12-14-29-15-13-26/h2-9,16H,10-15H2,1H3,(H,24,28). The van der Waals surface area contributed by atoms with Crippen molar-refractivity contribution in [3.63, 3.8) is 0 Å². The lowest BCUT2D eigenvalue weighted by molar-refractivity contribution is 0.0383. The second-order valence-electron chi connectivity index (χ2n) is 7.15. The number of hydrogen-bond donors (Lipinski definition) is 1. The first-order valence-corrected chi connectivity index (χ1v) is 9.80. The Labute approximate surface area is 169 Å². The Balaban J connectivity index is 1.47. The predicted molar refractivity (Wildman–Crippen MR) is 111 cm³/mol. The molecule has 1 amide bonds. The van der Waals surface area contributed by atoms with Gasteiger partial charge in [-0.15, -0.1) is 0 Å². The zero-order valence-electron chi connectivity index (χ0n) is 16.5. The third-order valence-electron chi connectivity index (χ3n) is 5.27. The van der Waals surface area contributed by atoms with Crippen molar-refractivity contribution in [2.45, 2.75) is 0 Å². The Kier molecular flexibility index (Phi) is 5.78. The number of pyridine rings is 1. The van der Waals surface area contributed by atoms with E-state index < -0.39 is 0 Å². The molecule has 4 rings (SSSR count). The molecule has 2 aromatic heterocycles. The maximum absolute atomic E-state index is 13.2. The van der Waals surface area contributed by atoms with E-state index in [4.69, 9.17) is 4.74 Å². The minimum Gasteiger partial charge on any atom is -0.379 e. The molecule has 0 spiro atoms. The van der Waals surface area contributed by atoms with Crippen LogP contribution in [0.1, 0.15) is 10.4 Å². The zero-order valence-corrected chi connectivity index (χ0v) is 16.5. The number of aromatic nitrogens is 1. The molecule has 1 aromatic carbocycles. The number of nitrogens with one attached hydrogen (secondary N) is 1. The molecule has 29 heavy (non-hydrogen) atoms. The maximum Gasteiger partial charge on any atom is 0.252 e. The molecule has 7 heteroatoms. The van der Waals surface area contributed by atoms with Gasteiger partial charge >= 0.3 is 0 Å². The molecule has 0 radical (unpaired) electrons. The van der Waals surface area contributed by atoms with Crippen molar-refractivity contribution in [2.75, 3.05) is 51.3 Å². The van der Waals surface area contributed by atoms with Crippen LogP contribution < -0.4 is 10.2 Å². The van der Waals surface area contributed by atoms with Gasteiger partial charge < -0.3 is 19.4 Å². The van der Waals surface area contributed by atoms with Gasteiger partial charge in [-0.05, 0) is 48.5 Å². The van der Waals surface area contributed by atoms with Crippen LogP contribution in [0.5, 0.6) is 0 Å². The molecular weight excluding hydrogens is 371 g/mol. The lowest BCUT2D eigenvalue weighted by atomic mass is 10.2. The van der Waals surface area contributed by atoms with Crippen molar-refractivity contribution < 1.29 is 13.9 Å². The molecule has 1 aliphatic rings. The van der Waals surface area contributed by atoms with Gasteiger partial charge in [-0.1, -0.05) is 0 Å². The Bertz CT molecular complexity index is 980. The van der Waals surface area contributed by atoms with E-state index in [1.807, 2.05) is 46.8 Å². The van der Waals surface area contributed by atoms with Gasteiger partial charge in [-0.3, -0.25) is 9.69 Å². The molecule has 1 N–H and O–H groups in total. The lowest BCUT2D eigenvalue weighted by Gasteiger charge is -2.26. The van der Waals surface area contributed by atoms with E-state index in [0.29, 0.717) is 12.1 Å². The Hall–Kier alpha value is -2.90. The number of nitrogens with zero attached hydrogens (tertiary/aromatic N) is 3.